The molecule has 0 heterocycles. The Hall–Kier alpha value is 0.112. The fourth-order valence-corrected chi connectivity index (χ4v) is 2.07. The second-order valence-corrected chi connectivity index (χ2v) is 4.85. The third kappa shape index (κ3) is 2.56. The normalized spacial score (nSPS) is 10.1. The van der Waals surface area contributed by atoms with Crippen LogP contribution in [0.3, 0.4) is 0 Å². The Balaban J connectivity index is 2.83. The summed E-state index contributed by atoms with van der Waals surface area (Å²) in [7, 11) is 6.88. The standard InChI is InChI=1S/C8H10N.H2P.Pd/c1-9(2)8-6-4-3-5-7-8;;/h4-7H,1-2H3;1H2;/q;-1;+1. The summed E-state index contributed by atoms with van der Waals surface area (Å²) in [5.41, 5.74) is 1.26. The van der Waals surface area contributed by atoms with Gasteiger partial charge in [0.05, 0.1) is 0 Å². The van der Waals surface area contributed by atoms with Gasteiger partial charge in [0.15, 0.2) is 0 Å². The van der Waals surface area contributed by atoms with E-state index in [1.807, 2.05) is 0 Å². The van der Waals surface area contributed by atoms with E-state index >= 15 is 0 Å². The van der Waals surface area contributed by atoms with Crippen LogP contribution in [0.1, 0.15) is 0 Å². The summed E-state index contributed by atoms with van der Waals surface area (Å²) in [5, 5.41) is 0. The minimum atomic E-state index is 0.644. The van der Waals surface area contributed by atoms with E-state index in [2.05, 4.69) is 50.7 Å². The van der Waals surface area contributed by atoms with Crippen molar-refractivity contribution in [3.8, 4) is 0 Å². The Morgan fingerprint density at radius 1 is 1.18 bits per heavy atom. The molecule has 0 aliphatic carbocycles. The summed E-state index contributed by atoms with van der Waals surface area (Å²) in [5.74, 6) is 0. The van der Waals surface area contributed by atoms with Crippen LogP contribution < -0.4 is 8.94 Å². The molecule has 0 saturated carbocycles. The first-order valence-electron chi connectivity index (χ1n) is 3.28. The molecular weight excluding hydrogens is 247 g/mol. The van der Waals surface area contributed by atoms with Gasteiger partial charge in [-0.05, 0) is 0 Å². The Morgan fingerprint density at radius 2 is 1.73 bits per heavy atom. The SMILES string of the molecule is CN(C)c1cc[c]([Pd][PH2])cc1. The zero-order valence-electron chi connectivity index (χ0n) is 6.65. The molecule has 1 atom stereocenters. The van der Waals surface area contributed by atoms with E-state index in [4.69, 9.17) is 0 Å². The molecule has 0 N–H and O–H groups in total. The third-order valence-electron chi connectivity index (χ3n) is 1.43. The summed E-state index contributed by atoms with van der Waals surface area (Å²) < 4.78 is 1.41. The second kappa shape index (κ2) is 4.22. The molecule has 0 aromatic heterocycles. The molecule has 64 valence electrons. The topological polar surface area (TPSA) is 3.24 Å². The van der Waals surface area contributed by atoms with Crippen molar-refractivity contribution in [2.75, 3.05) is 19.0 Å². The molecule has 1 rings (SSSR count). The molecule has 0 spiro atoms. The van der Waals surface area contributed by atoms with Crippen molar-refractivity contribution >= 4 is 17.2 Å². The van der Waals surface area contributed by atoms with Crippen molar-refractivity contribution in [3.63, 3.8) is 0 Å². The van der Waals surface area contributed by atoms with E-state index in [-0.39, 0.29) is 0 Å². The summed E-state index contributed by atoms with van der Waals surface area (Å²) in [6.07, 6.45) is 0. The molecule has 0 fully saturated rings. The number of hydrogen-bond acceptors (Lipinski definition) is 1. The molecule has 11 heavy (non-hydrogen) atoms. The molecule has 1 nitrogen and oxygen atoms in total. The molecule has 0 amide bonds. The van der Waals surface area contributed by atoms with E-state index in [0.29, 0.717) is 17.5 Å². The average Bonchev–Trinajstić information content (AvgIpc) is 2.05. The Kier molecular flexibility index (Phi) is 3.53. The van der Waals surface area contributed by atoms with E-state index in [9.17, 15) is 0 Å². The van der Waals surface area contributed by atoms with Crippen molar-refractivity contribution in [1.82, 2.24) is 0 Å². The van der Waals surface area contributed by atoms with Gasteiger partial charge in [-0.15, -0.1) is 0 Å². The van der Waals surface area contributed by atoms with E-state index < -0.39 is 0 Å². The average molecular weight is 260 g/mol. The number of hydrogen-bond donors (Lipinski definition) is 0. The van der Waals surface area contributed by atoms with Crippen molar-refractivity contribution in [1.29, 1.82) is 0 Å². The number of benzene rings is 1. The molecular formula is C8H12NPPd. The number of anilines is 1. The van der Waals surface area contributed by atoms with Gasteiger partial charge in [0.2, 0.25) is 0 Å². The summed E-state index contributed by atoms with van der Waals surface area (Å²) in [6.45, 7) is 0. The molecule has 0 aliphatic rings. The van der Waals surface area contributed by atoms with Crippen molar-refractivity contribution < 1.29 is 17.5 Å². The molecule has 1 unspecified atom stereocenters. The van der Waals surface area contributed by atoms with E-state index in [0.717, 1.165) is 0 Å². The van der Waals surface area contributed by atoms with Gasteiger partial charge in [0.1, 0.15) is 0 Å². The second-order valence-electron chi connectivity index (χ2n) is 2.43. The quantitative estimate of drug-likeness (QED) is 0.571. The van der Waals surface area contributed by atoms with Gasteiger partial charge in [0.25, 0.3) is 0 Å². The molecule has 0 saturated heterocycles. The van der Waals surface area contributed by atoms with Crippen LogP contribution in [0, 0.1) is 0 Å². The summed E-state index contributed by atoms with van der Waals surface area (Å²) in [6, 6.07) is 8.66. The van der Waals surface area contributed by atoms with Gasteiger partial charge >= 0.3 is 77.9 Å². The fourth-order valence-electron chi connectivity index (χ4n) is 0.790. The first-order chi connectivity index (χ1) is 5.24. The maximum absolute atomic E-state index is 2.77. The summed E-state index contributed by atoms with van der Waals surface area (Å²) in [4.78, 5) is 2.11. The molecule has 1 aromatic carbocycles. The summed E-state index contributed by atoms with van der Waals surface area (Å²) >= 11 is 0.644. The zero-order chi connectivity index (χ0) is 8.27. The first kappa shape index (κ1) is 9.20. The van der Waals surface area contributed by atoms with Gasteiger partial charge in [0, 0.05) is 0 Å². The van der Waals surface area contributed by atoms with Gasteiger partial charge in [-0.3, -0.25) is 0 Å². The van der Waals surface area contributed by atoms with Gasteiger partial charge in [-0.25, -0.2) is 0 Å². The third-order valence-corrected chi connectivity index (χ3v) is 3.71. The van der Waals surface area contributed by atoms with Crippen molar-refractivity contribution in [2.45, 2.75) is 0 Å². The van der Waals surface area contributed by atoms with Crippen molar-refractivity contribution in [3.05, 3.63) is 24.3 Å². The van der Waals surface area contributed by atoms with Gasteiger partial charge < -0.3 is 0 Å². The van der Waals surface area contributed by atoms with Crippen LogP contribution >= 0.6 is 7.43 Å². The molecule has 3 heteroatoms. The first-order valence-corrected chi connectivity index (χ1v) is 7.12. The van der Waals surface area contributed by atoms with Crippen LogP contribution in [0.2, 0.25) is 0 Å². The van der Waals surface area contributed by atoms with E-state index in [1.54, 1.807) is 0 Å². The number of nitrogens with zero attached hydrogens (tertiary/aromatic N) is 1. The van der Waals surface area contributed by atoms with Crippen LogP contribution in [0.15, 0.2) is 24.3 Å². The Bertz CT molecular complexity index is 220. The number of rotatable bonds is 2. The molecule has 0 aliphatic heterocycles. The van der Waals surface area contributed by atoms with Crippen molar-refractivity contribution in [2.24, 2.45) is 0 Å². The maximum atomic E-state index is 2.77. The molecule has 0 radical (unpaired) electrons. The van der Waals surface area contributed by atoms with Gasteiger partial charge in [-0.2, -0.15) is 0 Å². The fraction of sp³-hybridized carbons (Fsp3) is 0.250. The molecule has 0 bridgehead atoms. The zero-order valence-corrected chi connectivity index (χ0v) is 9.36. The molecule has 1 aromatic rings. The predicted octanol–water partition coefficient (Wildman–Crippen LogP) is 1.25. The van der Waals surface area contributed by atoms with Crippen LogP contribution in [-0.2, 0) is 17.5 Å². The minimum absolute atomic E-state index is 0.644. The van der Waals surface area contributed by atoms with Gasteiger partial charge in [-0.1, -0.05) is 0 Å². The Morgan fingerprint density at radius 3 is 2.09 bits per heavy atom. The van der Waals surface area contributed by atoms with Crippen LogP contribution in [-0.4, -0.2) is 14.1 Å². The van der Waals surface area contributed by atoms with Crippen LogP contribution in [0.25, 0.3) is 0 Å². The van der Waals surface area contributed by atoms with E-state index in [1.165, 1.54) is 9.72 Å². The predicted molar refractivity (Wildman–Crippen MR) is 50.1 cm³/mol. The van der Waals surface area contributed by atoms with Crippen LogP contribution in [0.5, 0.6) is 0 Å². The van der Waals surface area contributed by atoms with Crippen LogP contribution in [0.4, 0.5) is 5.69 Å². The Labute approximate surface area is 78.0 Å². The monoisotopic (exact) mass is 259 g/mol.